The van der Waals surface area contributed by atoms with E-state index in [1.54, 1.807) is 31.2 Å². The zero-order valence-electron chi connectivity index (χ0n) is 6.50. The predicted octanol–water partition coefficient (Wildman–Crippen LogP) is 0.665. The van der Waals surface area contributed by atoms with Crippen molar-refractivity contribution in [1.29, 1.82) is 0 Å². The van der Waals surface area contributed by atoms with E-state index in [-0.39, 0.29) is 5.91 Å². The molecule has 0 heterocycles. The van der Waals surface area contributed by atoms with Crippen LogP contribution in [0.5, 0.6) is 0 Å². The van der Waals surface area contributed by atoms with Crippen LogP contribution in [0.2, 0.25) is 0 Å². The Hall–Kier alpha value is -1.35. The fourth-order valence-corrected chi connectivity index (χ4v) is 0.468. The SMILES string of the molecule is C=C/C=C\C=C(/C)C(=O)NN. The molecular weight excluding hydrogens is 140 g/mol. The van der Waals surface area contributed by atoms with Gasteiger partial charge >= 0.3 is 0 Å². The van der Waals surface area contributed by atoms with Crippen molar-refractivity contribution in [2.24, 2.45) is 5.84 Å². The number of nitrogens with one attached hydrogen (secondary N) is 1. The highest BCUT2D eigenvalue weighted by molar-refractivity contribution is 5.92. The molecule has 0 aliphatic carbocycles. The monoisotopic (exact) mass is 152 g/mol. The lowest BCUT2D eigenvalue weighted by Gasteiger charge is -1.95. The molecule has 0 bridgehead atoms. The number of rotatable bonds is 3. The van der Waals surface area contributed by atoms with Crippen LogP contribution >= 0.6 is 0 Å². The van der Waals surface area contributed by atoms with Gasteiger partial charge in [0.2, 0.25) is 0 Å². The fourth-order valence-electron chi connectivity index (χ4n) is 0.468. The number of hydrogen-bond donors (Lipinski definition) is 2. The van der Waals surface area contributed by atoms with Gasteiger partial charge in [-0.15, -0.1) is 0 Å². The third kappa shape index (κ3) is 4.11. The van der Waals surface area contributed by atoms with Crippen LogP contribution in [0, 0.1) is 0 Å². The standard InChI is InChI=1S/C8H12N2O/c1-3-4-5-6-7(2)8(11)10-9/h3-6H,1,9H2,2H3,(H,10,11)/b5-4-,7-6+. The molecule has 0 aromatic rings. The van der Waals surface area contributed by atoms with E-state index < -0.39 is 0 Å². The van der Waals surface area contributed by atoms with Crippen LogP contribution in [0.4, 0.5) is 0 Å². The first-order valence-electron chi connectivity index (χ1n) is 3.19. The quantitative estimate of drug-likeness (QED) is 0.205. The first-order chi connectivity index (χ1) is 5.22. The Morgan fingerprint density at radius 2 is 2.18 bits per heavy atom. The minimum Gasteiger partial charge on any atom is -0.290 e. The van der Waals surface area contributed by atoms with Gasteiger partial charge in [0.15, 0.2) is 0 Å². The number of carbonyl (C=O) groups is 1. The smallest absolute Gasteiger partial charge is 0.260 e. The van der Waals surface area contributed by atoms with E-state index in [2.05, 4.69) is 6.58 Å². The van der Waals surface area contributed by atoms with Gasteiger partial charge in [-0.2, -0.15) is 0 Å². The Bertz CT molecular complexity index is 204. The van der Waals surface area contributed by atoms with Gasteiger partial charge in [-0.1, -0.05) is 30.9 Å². The molecule has 3 heteroatoms. The highest BCUT2D eigenvalue weighted by Gasteiger charge is 1.96. The Balaban J connectivity index is 4.10. The second-order valence-corrected chi connectivity index (χ2v) is 1.94. The molecule has 11 heavy (non-hydrogen) atoms. The second kappa shape index (κ2) is 5.44. The summed E-state index contributed by atoms with van der Waals surface area (Å²) in [6, 6.07) is 0. The number of amides is 1. The van der Waals surface area contributed by atoms with Gasteiger partial charge < -0.3 is 0 Å². The van der Waals surface area contributed by atoms with E-state index in [1.807, 2.05) is 5.43 Å². The first kappa shape index (κ1) is 9.65. The van der Waals surface area contributed by atoms with Gasteiger partial charge in [0.25, 0.3) is 5.91 Å². The molecule has 0 saturated carbocycles. The summed E-state index contributed by atoms with van der Waals surface area (Å²) in [7, 11) is 0. The topological polar surface area (TPSA) is 55.1 Å². The van der Waals surface area contributed by atoms with Crippen molar-refractivity contribution in [2.75, 3.05) is 0 Å². The van der Waals surface area contributed by atoms with Crippen molar-refractivity contribution in [3.05, 3.63) is 36.5 Å². The van der Waals surface area contributed by atoms with Gasteiger partial charge in [0, 0.05) is 5.57 Å². The molecule has 0 unspecified atom stereocenters. The highest BCUT2D eigenvalue weighted by Crippen LogP contribution is 1.91. The summed E-state index contributed by atoms with van der Waals surface area (Å²) in [6.07, 6.45) is 6.73. The molecule has 0 aromatic heterocycles. The molecule has 3 nitrogen and oxygen atoms in total. The molecule has 0 aliphatic heterocycles. The summed E-state index contributed by atoms with van der Waals surface area (Å²) in [5.74, 6) is 4.61. The Morgan fingerprint density at radius 3 is 2.64 bits per heavy atom. The van der Waals surface area contributed by atoms with Crippen molar-refractivity contribution >= 4 is 5.91 Å². The number of nitrogens with two attached hydrogens (primary N) is 1. The van der Waals surface area contributed by atoms with Crippen molar-refractivity contribution < 1.29 is 4.79 Å². The third-order valence-electron chi connectivity index (χ3n) is 1.08. The van der Waals surface area contributed by atoms with E-state index in [0.717, 1.165) is 0 Å². The van der Waals surface area contributed by atoms with E-state index >= 15 is 0 Å². The van der Waals surface area contributed by atoms with Crippen LogP contribution in [0.3, 0.4) is 0 Å². The molecule has 0 saturated heterocycles. The Labute approximate surface area is 66.2 Å². The van der Waals surface area contributed by atoms with Crippen molar-refractivity contribution in [2.45, 2.75) is 6.92 Å². The summed E-state index contributed by atoms with van der Waals surface area (Å²) >= 11 is 0. The number of allylic oxidation sites excluding steroid dienone is 4. The molecule has 0 rings (SSSR count). The molecule has 0 fully saturated rings. The van der Waals surface area contributed by atoms with Gasteiger partial charge in [0.05, 0.1) is 0 Å². The molecule has 0 spiro atoms. The van der Waals surface area contributed by atoms with Crippen molar-refractivity contribution in [3.8, 4) is 0 Å². The largest absolute Gasteiger partial charge is 0.290 e. The van der Waals surface area contributed by atoms with Crippen LogP contribution in [-0.2, 0) is 4.79 Å². The van der Waals surface area contributed by atoms with Gasteiger partial charge in [-0.25, -0.2) is 5.84 Å². The van der Waals surface area contributed by atoms with Crippen LogP contribution in [0.1, 0.15) is 6.92 Å². The zero-order chi connectivity index (χ0) is 8.69. The van der Waals surface area contributed by atoms with Crippen LogP contribution in [0.25, 0.3) is 0 Å². The van der Waals surface area contributed by atoms with Crippen LogP contribution in [-0.4, -0.2) is 5.91 Å². The predicted molar refractivity (Wildman–Crippen MR) is 45.4 cm³/mol. The molecule has 0 atom stereocenters. The lowest BCUT2D eigenvalue weighted by molar-refractivity contribution is -0.117. The zero-order valence-corrected chi connectivity index (χ0v) is 6.50. The molecule has 0 aromatic carbocycles. The maximum Gasteiger partial charge on any atom is 0.260 e. The van der Waals surface area contributed by atoms with E-state index in [9.17, 15) is 4.79 Å². The third-order valence-corrected chi connectivity index (χ3v) is 1.08. The number of hydrogen-bond acceptors (Lipinski definition) is 2. The summed E-state index contributed by atoms with van der Waals surface area (Å²) in [5.41, 5.74) is 2.59. The summed E-state index contributed by atoms with van der Waals surface area (Å²) in [4.78, 5) is 10.7. The lowest BCUT2D eigenvalue weighted by Crippen LogP contribution is -2.30. The Kier molecular flexibility index (Phi) is 4.77. The molecule has 0 radical (unpaired) electrons. The average Bonchev–Trinajstić information content (AvgIpc) is 2.03. The molecule has 0 aliphatic rings. The number of hydrazine groups is 1. The second-order valence-electron chi connectivity index (χ2n) is 1.94. The fraction of sp³-hybridized carbons (Fsp3) is 0.125. The maximum atomic E-state index is 10.7. The lowest BCUT2D eigenvalue weighted by atomic mass is 10.2. The molecule has 3 N–H and O–H groups in total. The Morgan fingerprint density at radius 1 is 1.55 bits per heavy atom. The summed E-state index contributed by atoms with van der Waals surface area (Å²) in [6.45, 7) is 5.16. The normalized spacial score (nSPS) is 11.6. The molecule has 60 valence electrons. The molecule has 1 amide bonds. The summed E-state index contributed by atoms with van der Waals surface area (Å²) < 4.78 is 0. The van der Waals surface area contributed by atoms with Gasteiger partial charge in [0.1, 0.15) is 0 Å². The maximum absolute atomic E-state index is 10.7. The van der Waals surface area contributed by atoms with Crippen molar-refractivity contribution in [1.82, 2.24) is 5.43 Å². The van der Waals surface area contributed by atoms with E-state index in [0.29, 0.717) is 5.57 Å². The van der Waals surface area contributed by atoms with E-state index in [4.69, 9.17) is 5.84 Å². The highest BCUT2D eigenvalue weighted by atomic mass is 16.2. The number of carbonyl (C=O) groups excluding carboxylic acids is 1. The minimum atomic E-state index is -0.279. The van der Waals surface area contributed by atoms with Crippen LogP contribution in [0.15, 0.2) is 36.5 Å². The van der Waals surface area contributed by atoms with Gasteiger partial charge in [-0.3, -0.25) is 10.2 Å². The van der Waals surface area contributed by atoms with Crippen molar-refractivity contribution in [3.63, 3.8) is 0 Å². The average molecular weight is 152 g/mol. The van der Waals surface area contributed by atoms with Crippen LogP contribution < -0.4 is 11.3 Å². The van der Waals surface area contributed by atoms with Gasteiger partial charge in [-0.05, 0) is 6.92 Å². The first-order valence-corrected chi connectivity index (χ1v) is 3.19. The molecular formula is C8H12N2O. The van der Waals surface area contributed by atoms with E-state index in [1.165, 1.54) is 0 Å². The minimum absolute atomic E-state index is 0.279. The summed E-state index contributed by atoms with van der Waals surface area (Å²) in [5, 5.41) is 0.